The first-order valence-electron chi connectivity index (χ1n) is 8.89. The van der Waals surface area contributed by atoms with Gasteiger partial charge >= 0.3 is 0 Å². The second-order valence-electron chi connectivity index (χ2n) is 6.31. The number of nitrogens with zero attached hydrogens (tertiary/aromatic N) is 2. The Bertz CT molecular complexity index is 1320. The Balaban J connectivity index is 1.76. The number of thiazole rings is 1. The summed E-state index contributed by atoms with van der Waals surface area (Å²) >= 11 is 7.15. The third kappa shape index (κ3) is 3.83. The van der Waals surface area contributed by atoms with Gasteiger partial charge in [0.2, 0.25) is 5.75 Å². The zero-order chi connectivity index (χ0) is 21.3. The monoisotopic (exact) mass is 446 g/mol. The van der Waals surface area contributed by atoms with Crippen LogP contribution in [0.3, 0.4) is 0 Å². The third-order valence-corrected chi connectivity index (χ3v) is 5.59. The highest BCUT2D eigenvalue weighted by atomic mass is 35.5. The molecule has 9 heteroatoms. The van der Waals surface area contributed by atoms with Crippen molar-refractivity contribution >= 4 is 34.0 Å². The van der Waals surface area contributed by atoms with Crippen molar-refractivity contribution in [3.8, 4) is 28.5 Å². The number of aromatic nitrogens is 2. The lowest BCUT2D eigenvalue weighted by Crippen LogP contribution is -2.22. The minimum atomic E-state index is -0.696. The first-order chi connectivity index (χ1) is 14.5. The number of fused-ring (bicyclic) bond motifs is 1. The van der Waals surface area contributed by atoms with Crippen molar-refractivity contribution in [1.82, 2.24) is 9.38 Å². The molecule has 2 aromatic heterocycles. The molecule has 2 aromatic carbocycles. The number of hydrogen-bond donors (Lipinski definition) is 1. The first-order valence-corrected chi connectivity index (χ1v) is 10.1. The van der Waals surface area contributed by atoms with Crippen LogP contribution in [-0.4, -0.2) is 34.9 Å². The molecule has 6 nitrogen and oxygen atoms in total. The molecule has 30 heavy (non-hydrogen) atoms. The number of phenols is 1. The molecule has 0 saturated heterocycles. The van der Waals surface area contributed by atoms with Crippen molar-refractivity contribution in [1.29, 1.82) is 0 Å². The molecular weight excluding hydrogens is 431 g/mol. The molecule has 4 aromatic rings. The van der Waals surface area contributed by atoms with Gasteiger partial charge in [-0.3, -0.25) is 9.20 Å². The van der Waals surface area contributed by atoms with Gasteiger partial charge in [0.15, 0.2) is 16.5 Å². The standard InChI is InChI=1S/C21H16ClFN2O4S/c1-28-16-8-12(9-17(19(16)26)29-7-6-23)10-18-20(27)25-11-15(24-21(25)30-18)13-2-4-14(22)5-3-13/h2-5,8-11,26H,6-7H2,1H3/b18-10-. The Morgan fingerprint density at radius 1 is 1.27 bits per heavy atom. The smallest absolute Gasteiger partial charge is 0.274 e. The minimum Gasteiger partial charge on any atom is -0.502 e. The second kappa shape index (κ2) is 8.33. The summed E-state index contributed by atoms with van der Waals surface area (Å²) in [6, 6.07) is 10.3. The van der Waals surface area contributed by atoms with Crippen molar-refractivity contribution in [3.05, 3.63) is 68.1 Å². The molecule has 0 bridgehead atoms. The van der Waals surface area contributed by atoms with E-state index in [4.69, 9.17) is 21.1 Å². The predicted octanol–water partition coefficient (Wildman–Crippen LogP) is 3.69. The molecule has 1 N–H and O–H groups in total. The Morgan fingerprint density at radius 2 is 2.00 bits per heavy atom. The second-order valence-corrected chi connectivity index (χ2v) is 7.75. The molecule has 0 aliphatic heterocycles. The molecule has 0 aliphatic carbocycles. The van der Waals surface area contributed by atoms with Crippen LogP contribution in [0.4, 0.5) is 4.39 Å². The van der Waals surface area contributed by atoms with Gasteiger partial charge in [-0.05, 0) is 35.9 Å². The Kier molecular flexibility index (Phi) is 5.61. The zero-order valence-corrected chi connectivity index (χ0v) is 17.3. The van der Waals surface area contributed by atoms with Crippen molar-refractivity contribution in [2.24, 2.45) is 0 Å². The Labute approximate surface area is 179 Å². The molecule has 0 unspecified atom stereocenters. The molecule has 0 fully saturated rings. The number of benzene rings is 2. The molecule has 4 rings (SSSR count). The number of phenolic OH excluding ortho intramolecular Hbond substituents is 1. The van der Waals surface area contributed by atoms with Crippen LogP contribution in [0, 0.1) is 0 Å². The molecule has 0 spiro atoms. The van der Waals surface area contributed by atoms with E-state index in [1.165, 1.54) is 28.9 Å². The fraction of sp³-hybridized carbons (Fsp3) is 0.143. The highest BCUT2D eigenvalue weighted by Gasteiger charge is 2.13. The molecule has 0 saturated carbocycles. The van der Waals surface area contributed by atoms with Gasteiger partial charge < -0.3 is 14.6 Å². The van der Waals surface area contributed by atoms with Crippen LogP contribution < -0.4 is 19.6 Å². The lowest BCUT2D eigenvalue weighted by molar-refractivity contribution is 0.258. The molecule has 0 aliphatic rings. The average Bonchev–Trinajstić information content (AvgIpc) is 3.28. The Morgan fingerprint density at radius 3 is 2.67 bits per heavy atom. The van der Waals surface area contributed by atoms with Gasteiger partial charge in [-0.25, -0.2) is 9.37 Å². The lowest BCUT2D eigenvalue weighted by Gasteiger charge is -2.11. The quantitative estimate of drug-likeness (QED) is 0.489. The highest BCUT2D eigenvalue weighted by molar-refractivity contribution is 7.15. The van der Waals surface area contributed by atoms with E-state index in [0.29, 0.717) is 25.8 Å². The normalized spacial score (nSPS) is 11.9. The maximum Gasteiger partial charge on any atom is 0.274 e. The fourth-order valence-corrected chi connectivity index (χ4v) is 4.03. The van der Waals surface area contributed by atoms with Crippen LogP contribution >= 0.6 is 22.9 Å². The highest BCUT2D eigenvalue weighted by Crippen LogP contribution is 2.37. The lowest BCUT2D eigenvalue weighted by atomic mass is 10.1. The van der Waals surface area contributed by atoms with Crippen LogP contribution in [-0.2, 0) is 0 Å². The molecular formula is C21H16ClFN2O4S. The third-order valence-electron chi connectivity index (χ3n) is 4.36. The maximum atomic E-state index is 12.8. The first kappa shape index (κ1) is 20.2. The molecule has 154 valence electrons. The van der Waals surface area contributed by atoms with E-state index in [9.17, 15) is 14.3 Å². The van der Waals surface area contributed by atoms with E-state index in [2.05, 4.69) is 4.98 Å². The predicted molar refractivity (Wildman–Crippen MR) is 115 cm³/mol. The summed E-state index contributed by atoms with van der Waals surface area (Å²) in [5.41, 5.74) is 1.88. The summed E-state index contributed by atoms with van der Waals surface area (Å²) < 4.78 is 24.8. The summed E-state index contributed by atoms with van der Waals surface area (Å²) in [5, 5.41) is 10.8. The number of ether oxygens (including phenoxy) is 2. The van der Waals surface area contributed by atoms with E-state index in [-0.39, 0.29) is 29.4 Å². The summed E-state index contributed by atoms with van der Waals surface area (Å²) in [6.07, 6.45) is 3.33. The largest absolute Gasteiger partial charge is 0.502 e. The zero-order valence-electron chi connectivity index (χ0n) is 15.8. The number of rotatable bonds is 6. The summed E-state index contributed by atoms with van der Waals surface area (Å²) in [7, 11) is 1.40. The van der Waals surface area contributed by atoms with Gasteiger partial charge in [0.1, 0.15) is 13.3 Å². The summed E-state index contributed by atoms with van der Waals surface area (Å²) in [6.45, 7) is -0.897. The number of alkyl halides is 1. The Hall–Kier alpha value is -3.10. The van der Waals surface area contributed by atoms with E-state index < -0.39 is 6.67 Å². The molecule has 2 heterocycles. The maximum absolute atomic E-state index is 12.8. The summed E-state index contributed by atoms with van der Waals surface area (Å²) in [5.74, 6) is 0.0208. The van der Waals surface area contributed by atoms with E-state index in [0.717, 1.165) is 5.56 Å². The van der Waals surface area contributed by atoms with Gasteiger partial charge in [0.25, 0.3) is 5.56 Å². The van der Waals surface area contributed by atoms with Crippen molar-refractivity contribution in [2.45, 2.75) is 0 Å². The van der Waals surface area contributed by atoms with Gasteiger partial charge in [0.05, 0.1) is 17.3 Å². The van der Waals surface area contributed by atoms with Gasteiger partial charge in [0, 0.05) is 16.8 Å². The van der Waals surface area contributed by atoms with E-state index in [1.807, 2.05) is 12.1 Å². The van der Waals surface area contributed by atoms with Gasteiger partial charge in [-0.2, -0.15) is 0 Å². The number of imidazole rings is 1. The van der Waals surface area contributed by atoms with Crippen LogP contribution in [0.15, 0.2) is 47.4 Å². The summed E-state index contributed by atoms with van der Waals surface area (Å²) in [4.78, 5) is 17.9. The fourth-order valence-electron chi connectivity index (χ4n) is 2.94. The number of hydrogen-bond acceptors (Lipinski definition) is 6. The van der Waals surface area contributed by atoms with Crippen LogP contribution in [0.2, 0.25) is 5.02 Å². The minimum absolute atomic E-state index is 0.0806. The SMILES string of the molecule is COc1cc(/C=c2\sc3nc(-c4ccc(Cl)cc4)cn3c2=O)cc(OCCF)c1O. The number of methoxy groups -OCH3 is 1. The van der Waals surface area contributed by atoms with Crippen molar-refractivity contribution in [2.75, 3.05) is 20.4 Å². The van der Waals surface area contributed by atoms with Crippen LogP contribution in [0.25, 0.3) is 22.3 Å². The molecule has 0 radical (unpaired) electrons. The van der Waals surface area contributed by atoms with Gasteiger partial charge in [-0.15, -0.1) is 0 Å². The topological polar surface area (TPSA) is 73.1 Å². The molecule has 0 amide bonds. The van der Waals surface area contributed by atoms with E-state index >= 15 is 0 Å². The van der Waals surface area contributed by atoms with Crippen LogP contribution in [0.1, 0.15) is 5.56 Å². The molecule has 0 atom stereocenters. The average molecular weight is 447 g/mol. The number of halogens is 2. The van der Waals surface area contributed by atoms with Gasteiger partial charge in [-0.1, -0.05) is 35.1 Å². The number of aromatic hydroxyl groups is 1. The van der Waals surface area contributed by atoms with Crippen molar-refractivity contribution in [3.63, 3.8) is 0 Å². The van der Waals surface area contributed by atoms with Crippen LogP contribution in [0.5, 0.6) is 17.2 Å². The van der Waals surface area contributed by atoms with E-state index in [1.54, 1.807) is 30.5 Å². The van der Waals surface area contributed by atoms with Crippen molar-refractivity contribution < 1.29 is 19.0 Å².